The minimum absolute atomic E-state index is 0.191. The third kappa shape index (κ3) is 4.50. The van der Waals surface area contributed by atoms with Crippen LogP contribution in [0.5, 0.6) is 0 Å². The number of hydrogen-bond acceptors (Lipinski definition) is 5. The van der Waals surface area contributed by atoms with Crippen LogP contribution < -0.4 is 10.2 Å². The summed E-state index contributed by atoms with van der Waals surface area (Å²) in [5.41, 5.74) is 4.49. The zero-order valence-corrected chi connectivity index (χ0v) is 21.2. The molecule has 2 aromatic heterocycles. The van der Waals surface area contributed by atoms with Crippen molar-refractivity contribution < 1.29 is 13.9 Å². The van der Waals surface area contributed by atoms with Gasteiger partial charge < -0.3 is 19.4 Å². The number of ether oxygens (including phenoxy) is 1. The van der Waals surface area contributed by atoms with Crippen LogP contribution in [-0.2, 0) is 4.74 Å². The lowest BCUT2D eigenvalue weighted by molar-refractivity contribution is 0.0600. The second-order valence-corrected chi connectivity index (χ2v) is 9.40. The molecule has 0 saturated carbocycles. The van der Waals surface area contributed by atoms with Gasteiger partial charge in [0.15, 0.2) is 5.11 Å². The molecule has 0 amide bonds. The molecule has 0 radical (unpaired) electrons. The Kier molecular flexibility index (Phi) is 6.57. The van der Waals surface area contributed by atoms with Gasteiger partial charge in [0.1, 0.15) is 17.6 Å². The van der Waals surface area contributed by atoms with Gasteiger partial charge in [0, 0.05) is 17.4 Å². The summed E-state index contributed by atoms with van der Waals surface area (Å²) in [4.78, 5) is 18.5. The Hall–Kier alpha value is -3.97. The van der Waals surface area contributed by atoms with Gasteiger partial charge >= 0.3 is 5.97 Å². The molecule has 2 atom stereocenters. The molecule has 7 heteroatoms. The number of furan rings is 1. The molecule has 1 saturated heterocycles. The van der Waals surface area contributed by atoms with E-state index in [2.05, 4.69) is 53.3 Å². The Morgan fingerprint density at radius 3 is 2.42 bits per heavy atom. The molecule has 1 fully saturated rings. The first kappa shape index (κ1) is 23.8. The lowest BCUT2D eigenvalue weighted by atomic mass is 10.0. The molecule has 1 aliphatic rings. The number of anilines is 1. The molecule has 36 heavy (non-hydrogen) atoms. The summed E-state index contributed by atoms with van der Waals surface area (Å²) in [6.45, 7) is 4.36. The maximum atomic E-state index is 11.8. The first-order chi connectivity index (χ1) is 17.5. The van der Waals surface area contributed by atoms with Crippen LogP contribution in [0.3, 0.4) is 0 Å². The van der Waals surface area contributed by atoms with Crippen molar-refractivity contribution in [2.24, 2.45) is 0 Å². The van der Waals surface area contributed by atoms with E-state index in [0.29, 0.717) is 22.4 Å². The molecule has 0 spiro atoms. The van der Waals surface area contributed by atoms with Crippen LogP contribution in [0.15, 0.2) is 89.5 Å². The van der Waals surface area contributed by atoms with E-state index in [1.54, 1.807) is 18.3 Å². The van der Waals surface area contributed by atoms with E-state index >= 15 is 0 Å². The largest absolute Gasteiger partial charge is 0.465 e. The van der Waals surface area contributed by atoms with Crippen LogP contribution in [0.1, 0.15) is 59.2 Å². The summed E-state index contributed by atoms with van der Waals surface area (Å²) in [6, 6.07) is 25.0. The van der Waals surface area contributed by atoms with Gasteiger partial charge in [-0.15, -0.1) is 0 Å². The van der Waals surface area contributed by atoms with Crippen molar-refractivity contribution in [1.82, 2.24) is 10.3 Å². The van der Waals surface area contributed by atoms with Gasteiger partial charge in [-0.1, -0.05) is 44.2 Å². The molecule has 1 aliphatic heterocycles. The average molecular weight is 498 g/mol. The standard InChI is InChI=1S/C29H27N3O3S/c1-18(2)19-11-13-22(14-12-19)32-27(26(31-29(32)36)23-6-4-5-17-30-23)25-16-15-24(35-25)20-7-9-21(10-8-20)28(33)34-3/h4-18,26-27H,1-3H3,(H,31,36)/t26-,27+/m1/s1. The molecule has 0 unspecified atom stereocenters. The molecule has 1 N–H and O–H groups in total. The lowest BCUT2D eigenvalue weighted by Gasteiger charge is -2.26. The Morgan fingerprint density at radius 2 is 1.78 bits per heavy atom. The van der Waals surface area contributed by atoms with Crippen molar-refractivity contribution in [3.05, 3.63) is 108 Å². The molecular weight excluding hydrogens is 470 g/mol. The fraction of sp³-hybridized carbons (Fsp3) is 0.207. The summed E-state index contributed by atoms with van der Waals surface area (Å²) in [7, 11) is 1.37. The molecular formula is C29H27N3O3S. The van der Waals surface area contributed by atoms with Crippen LogP contribution in [0.4, 0.5) is 5.69 Å². The van der Waals surface area contributed by atoms with Crippen molar-refractivity contribution in [2.75, 3.05) is 12.0 Å². The zero-order valence-electron chi connectivity index (χ0n) is 20.3. The van der Waals surface area contributed by atoms with E-state index in [4.69, 9.17) is 21.4 Å². The maximum absolute atomic E-state index is 11.8. The summed E-state index contributed by atoms with van der Waals surface area (Å²) < 4.78 is 11.2. The van der Waals surface area contributed by atoms with Gasteiger partial charge in [-0.25, -0.2) is 4.79 Å². The molecule has 5 rings (SSSR count). The quantitative estimate of drug-likeness (QED) is 0.243. The number of thiocarbonyl (C=S) groups is 1. The van der Waals surface area contributed by atoms with Gasteiger partial charge in [-0.05, 0) is 72.2 Å². The number of methoxy groups -OCH3 is 1. The fourth-order valence-corrected chi connectivity index (χ4v) is 4.84. The third-order valence-corrected chi connectivity index (χ3v) is 6.76. The van der Waals surface area contributed by atoms with Gasteiger partial charge in [-0.3, -0.25) is 4.98 Å². The number of aromatic nitrogens is 1. The molecule has 0 aliphatic carbocycles. The van der Waals surface area contributed by atoms with E-state index in [0.717, 1.165) is 22.7 Å². The van der Waals surface area contributed by atoms with Crippen LogP contribution in [-0.4, -0.2) is 23.2 Å². The van der Waals surface area contributed by atoms with Gasteiger partial charge in [0.25, 0.3) is 0 Å². The number of rotatable bonds is 6. The van der Waals surface area contributed by atoms with Gasteiger partial charge in [0.05, 0.1) is 24.4 Å². The topological polar surface area (TPSA) is 67.6 Å². The average Bonchev–Trinajstić information content (AvgIpc) is 3.53. The second-order valence-electron chi connectivity index (χ2n) is 9.01. The smallest absolute Gasteiger partial charge is 0.337 e. The van der Waals surface area contributed by atoms with Crippen molar-refractivity contribution in [1.29, 1.82) is 0 Å². The number of nitrogens with zero attached hydrogens (tertiary/aromatic N) is 2. The van der Waals surface area contributed by atoms with Crippen molar-refractivity contribution in [3.63, 3.8) is 0 Å². The minimum atomic E-state index is -0.371. The number of benzene rings is 2. The van der Waals surface area contributed by atoms with Crippen molar-refractivity contribution in [3.8, 4) is 11.3 Å². The number of carbonyl (C=O) groups is 1. The molecule has 4 aromatic rings. The normalized spacial score (nSPS) is 17.3. The lowest BCUT2D eigenvalue weighted by Crippen LogP contribution is -2.29. The highest BCUT2D eigenvalue weighted by Crippen LogP contribution is 2.43. The van der Waals surface area contributed by atoms with Crippen LogP contribution in [0.2, 0.25) is 0 Å². The molecule has 3 heterocycles. The highest BCUT2D eigenvalue weighted by atomic mass is 32.1. The van der Waals surface area contributed by atoms with Gasteiger partial charge in [-0.2, -0.15) is 0 Å². The molecule has 2 aromatic carbocycles. The van der Waals surface area contributed by atoms with E-state index in [9.17, 15) is 4.79 Å². The Morgan fingerprint density at radius 1 is 1.03 bits per heavy atom. The van der Waals surface area contributed by atoms with E-state index in [1.807, 2.05) is 42.5 Å². The van der Waals surface area contributed by atoms with E-state index in [1.165, 1.54) is 12.7 Å². The predicted molar refractivity (Wildman–Crippen MR) is 144 cm³/mol. The molecule has 0 bridgehead atoms. The van der Waals surface area contributed by atoms with E-state index in [-0.39, 0.29) is 18.1 Å². The zero-order chi connectivity index (χ0) is 25.2. The summed E-state index contributed by atoms with van der Waals surface area (Å²) in [6.07, 6.45) is 1.79. The Labute approximate surface area is 215 Å². The predicted octanol–water partition coefficient (Wildman–Crippen LogP) is 6.43. The number of carbonyl (C=O) groups excluding carboxylic acids is 1. The third-order valence-electron chi connectivity index (χ3n) is 6.44. The van der Waals surface area contributed by atoms with Crippen LogP contribution in [0.25, 0.3) is 11.3 Å². The first-order valence-corrected chi connectivity index (χ1v) is 12.3. The second kappa shape index (κ2) is 9.95. The molecule has 6 nitrogen and oxygen atoms in total. The number of hydrogen-bond donors (Lipinski definition) is 1. The van der Waals surface area contributed by atoms with Crippen LogP contribution >= 0.6 is 12.2 Å². The monoisotopic (exact) mass is 497 g/mol. The number of pyridine rings is 1. The SMILES string of the molecule is COC(=O)c1ccc(-c2ccc([C@H]3[C@@H](c4ccccn4)NC(=S)N3c3ccc(C(C)C)cc3)o2)cc1. The summed E-state index contributed by atoms with van der Waals surface area (Å²) >= 11 is 5.81. The van der Waals surface area contributed by atoms with Gasteiger partial charge in [0.2, 0.25) is 0 Å². The van der Waals surface area contributed by atoms with Crippen molar-refractivity contribution >= 4 is 29.0 Å². The van der Waals surface area contributed by atoms with E-state index < -0.39 is 0 Å². The van der Waals surface area contributed by atoms with Crippen molar-refractivity contribution in [2.45, 2.75) is 31.8 Å². The number of nitrogens with one attached hydrogen (secondary N) is 1. The number of esters is 1. The Bertz CT molecular complexity index is 1370. The fourth-order valence-electron chi connectivity index (χ4n) is 4.50. The first-order valence-electron chi connectivity index (χ1n) is 11.9. The minimum Gasteiger partial charge on any atom is -0.465 e. The summed E-state index contributed by atoms with van der Waals surface area (Å²) in [5, 5.41) is 4.08. The Balaban J connectivity index is 1.53. The van der Waals surface area contributed by atoms with Crippen LogP contribution in [0, 0.1) is 0 Å². The highest BCUT2D eigenvalue weighted by Gasteiger charge is 2.42. The maximum Gasteiger partial charge on any atom is 0.337 e. The summed E-state index contributed by atoms with van der Waals surface area (Å²) in [5.74, 6) is 1.54. The molecule has 182 valence electrons. The highest BCUT2D eigenvalue weighted by molar-refractivity contribution is 7.80.